The van der Waals surface area contributed by atoms with Gasteiger partial charge in [-0.1, -0.05) is 51.4 Å². The summed E-state index contributed by atoms with van der Waals surface area (Å²) in [5.41, 5.74) is 4.98. The molecule has 0 aromatic heterocycles. The maximum Gasteiger partial charge on any atom is 0.326 e. The summed E-state index contributed by atoms with van der Waals surface area (Å²) >= 11 is 0. The predicted octanol–water partition coefficient (Wildman–Crippen LogP) is 1.74. The van der Waals surface area contributed by atoms with Crippen molar-refractivity contribution in [2.45, 2.75) is 95.9 Å². The van der Waals surface area contributed by atoms with E-state index in [4.69, 9.17) is 25.4 Å². The standard InChI is InChI=1S/C25H45N3O9/c26-21(29)14-13-20(25(34)35)28-23(31)19-37-18-17-36-16-15-27-22(30)11-9-7-5-3-1-2-4-6-8-10-12-24(32)33/h20H,1-19H2,(H2,26,29)(H,27,30)(H,28,31)(H,32,33)(H,34,35)/t20-/m0/s1. The zero-order chi connectivity index (χ0) is 27.7. The van der Waals surface area contributed by atoms with Crippen LogP contribution < -0.4 is 16.4 Å². The van der Waals surface area contributed by atoms with E-state index in [0.717, 1.165) is 51.4 Å². The van der Waals surface area contributed by atoms with E-state index in [1.165, 1.54) is 12.8 Å². The minimum Gasteiger partial charge on any atom is -0.481 e. The lowest BCUT2D eigenvalue weighted by molar-refractivity contribution is -0.143. The summed E-state index contributed by atoms with van der Waals surface area (Å²) in [6, 6.07) is -1.21. The van der Waals surface area contributed by atoms with Crippen molar-refractivity contribution in [3.8, 4) is 0 Å². The number of hydrogen-bond acceptors (Lipinski definition) is 7. The van der Waals surface area contributed by atoms with Gasteiger partial charge in [0.15, 0.2) is 0 Å². The van der Waals surface area contributed by atoms with Crippen molar-refractivity contribution in [1.29, 1.82) is 0 Å². The third-order valence-corrected chi connectivity index (χ3v) is 5.53. The van der Waals surface area contributed by atoms with Crippen LogP contribution >= 0.6 is 0 Å². The van der Waals surface area contributed by atoms with Crippen LogP contribution in [0.2, 0.25) is 0 Å². The molecule has 37 heavy (non-hydrogen) atoms. The quantitative estimate of drug-likeness (QED) is 0.103. The molecule has 0 radical (unpaired) electrons. The van der Waals surface area contributed by atoms with Crippen molar-refractivity contribution >= 4 is 29.7 Å². The number of primary amides is 1. The van der Waals surface area contributed by atoms with Crippen LogP contribution in [0.15, 0.2) is 0 Å². The highest BCUT2D eigenvalue weighted by Crippen LogP contribution is 2.12. The number of nitrogens with two attached hydrogens (primary N) is 1. The van der Waals surface area contributed by atoms with Crippen LogP contribution in [0.3, 0.4) is 0 Å². The normalized spacial score (nSPS) is 11.6. The fourth-order valence-electron chi connectivity index (χ4n) is 3.49. The monoisotopic (exact) mass is 531 g/mol. The summed E-state index contributed by atoms with van der Waals surface area (Å²) in [7, 11) is 0. The first-order valence-corrected chi connectivity index (χ1v) is 13.2. The Labute approximate surface area is 219 Å². The van der Waals surface area contributed by atoms with Gasteiger partial charge >= 0.3 is 11.9 Å². The SMILES string of the molecule is NC(=O)CC[C@H](NC(=O)COCCOCCNC(=O)CCCCCCCCCCCCC(=O)O)C(=O)O. The molecule has 0 aromatic rings. The summed E-state index contributed by atoms with van der Waals surface area (Å²) in [6.45, 7) is 0.702. The van der Waals surface area contributed by atoms with E-state index in [2.05, 4.69) is 10.6 Å². The Balaban J connectivity index is 3.48. The molecule has 0 unspecified atom stereocenters. The van der Waals surface area contributed by atoms with Crippen molar-refractivity contribution in [1.82, 2.24) is 10.6 Å². The molecule has 0 heterocycles. The molecule has 0 saturated heterocycles. The molecule has 0 saturated carbocycles. The Kier molecular flexibility index (Phi) is 21.9. The molecular formula is C25H45N3O9. The minimum atomic E-state index is -1.25. The predicted molar refractivity (Wildman–Crippen MR) is 136 cm³/mol. The summed E-state index contributed by atoms with van der Waals surface area (Å²) in [5.74, 6) is -3.25. The van der Waals surface area contributed by atoms with Crippen molar-refractivity contribution < 1.29 is 43.7 Å². The van der Waals surface area contributed by atoms with Gasteiger partial charge in [0.1, 0.15) is 12.6 Å². The summed E-state index contributed by atoms with van der Waals surface area (Å²) in [6.07, 6.45) is 11.0. The Morgan fingerprint density at radius 3 is 1.76 bits per heavy atom. The molecule has 0 aliphatic rings. The van der Waals surface area contributed by atoms with Gasteiger partial charge < -0.3 is 36.1 Å². The molecule has 12 nitrogen and oxygen atoms in total. The lowest BCUT2D eigenvalue weighted by Gasteiger charge is -2.13. The second-order valence-electron chi connectivity index (χ2n) is 8.91. The molecule has 214 valence electrons. The molecule has 0 rings (SSSR count). The highest BCUT2D eigenvalue weighted by atomic mass is 16.5. The molecule has 12 heteroatoms. The van der Waals surface area contributed by atoms with Gasteiger partial charge in [0.2, 0.25) is 17.7 Å². The van der Waals surface area contributed by atoms with E-state index in [0.29, 0.717) is 19.6 Å². The van der Waals surface area contributed by atoms with Gasteiger partial charge in [0.25, 0.3) is 0 Å². The second kappa shape index (κ2) is 23.7. The topological polar surface area (TPSA) is 194 Å². The van der Waals surface area contributed by atoms with Crippen molar-refractivity contribution in [3.05, 3.63) is 0 Å². The first-order chi connectivity index (χ1) is 17.7. The Hall–Kier alpha value is -2.73. The Morgan fingerprint density at radius 1 is 0.676 bits per heavy atom. The lowest BCUT2D eigenvalue weighted by Crippen LogP contribution is -2.43. The summed E-state index contributed by atoms with van der Waals surface area (Å²) < 4.78 is 10.5. The van der Waals surface area contributed by atoms with Gasteiger partial charge in [-0.05, 0) is 19.3 Å². The first kappa shape index (κ1) is 34.3. The van der Waals surface area contributed by atoms with Crippen LogP contribution in [0.25, 0.3) is 0 Å². The van der Waals surface area contributed by atoms with Crippen molar-refractivity contribution in [2.75, 3.05) is 33.0 Å². The maximum absolute atomic E-state index is 11.8. The van der Waals surface area contributed by atoms with E-state index in [9.17, 15) is 24.0 Å². The Morgan fingerprint density at radius 2 is 1.22 bits per heavy atom. The van der Waals surface area contributed by atoms with Crippen LogP contribution in [-0.2, 0) is 33.4 Å². The number of rotatable bonds is 26. The Bertz CT molecular complexity index is 674. The number of carboxylic acid groups (broad SMARTS) is 2. The number of aliphatic carboxylic acids is 2. The number of carboxylic acids is 2. The summed E-state index contributed by atoms with van der Waals surface area (Å²) in [5, 5.41) is 22.7. The molecule has 0 fully saturated rings. The van der Waals surface area contributed by atoms with E-state index in [1.54, 1.807) is 0 Å². The first-order valence-electron chi connectivity index (χ1n) is 13.2. The smallest absolute Gasteiger partial charge is 0.326 e. The van der Waals surface area contributed by atoms with Crippen LogP contribution in [0.5, 0.6) is 0 Å². The van der Waals surface area contributed by atoms with Gasteiger partial charge in [0.05, 0.1) is 19.8 Å². The number of ether oxygens (including phenoxy) is 2. The van der Waals surface area contributed by atoms with Gasteiger partial charge in [-0.25, -0.2) is 4.79 Å². The molecular weight excluding hydrogens is 486 g/mol. The number of carbonyl (C=O) groups is 5. The minimum absolute atomic E-state index is 0.0118. The summed E-state index contributed by atoms with van der Waals surface area (Å²) in [4.78, 5) is 55.8. The maximum atomic E-state index is 11.8. The van der Waals surface area contributed by atoms with Gasteiger partial charge in [-0.3, -0.25) is 19.2 Å². The van der Waals surface area contributed by atoms with E-state index in [1.807, 2.05) is 0 Å². The van der Waals surface area contributed by atoms with Gasteiger partial charge in [-0.15, -0.1) is 0 Å². The number of hydrogen-bond donors (Lipinski definition) is 5. The van der Waals surface area contributed by atoms with Gasteiger partial charge in [0, 0.05) is 25.8 Å². The number of amides is 3. The zero-order valence-electron chi connectivity index (χ0n) is 21.8. The van der Waals surface area contributed by atoms with Crippen molar-refractivity contribution in [3.63, 3.8) is 0 Å². The fraction of sp³-hybridized carbons (Fsp3) is 0.800. The molecule has 0 spiro atoms. The number of unbranched alkanes of at least 4 members (excludes halogenated alkanes) is 9. The third-order valence-electron chi connectivity index (χ3n) is 5.53. The van der Waals surface area contributed by atoms with Crippen molar-refractivity contribution in [2.24, 2.45) is 5.73 Å². The lowest BCUT2D eigenvalue weighted by atomic mass is 10.1. The van der Waals surface area contributed by atoms with Crippen LogP contribution in [-0.4, -0.2) is 78.9 Å². The number of nitrogens with one attached hydrogen (secondary N) is 2. The van der Waals surface area contributed by atoms with E-state index >= 15 is 0 Å². The van der Waals surface area contributed by atoms with Gasteiger partial charge in [-0.2, -0.15) is 0 Å². The zero-order valence-corrected chi connectivity index (χ0v) is 21.8. The third kappa shape index (κ3) is 24.7. The van der Waals surface area contributed by atoms with Crippen LogP contribution in [0.1, 0.15) is 89.9 Å². The molecule has 3 amide bonds. The average molecular weight is 532 g/mol. The number of carbonyl (C=O) groups excluding carboxylic acids is 3. The molecule has 0 aliphatic heterocycles. The van der Waals surface area contributed by atoms with Crippen LogP contribution in [0, 0.1) is 0 Å². The average Bonchev–Trinajstić information content (AvgIpc) is 2.83. The molecule has 0 aliphatic carbocycles. The van der Waals surface area contributed by atoms with E-state index < -0.39 is 29.8 Å². The molecule has 0 aromatic carbocycles. The largest absolute Gasteiger partial charge is 0.481 e. The molecule has 1 atom stereocenters. The molecule has 0 bridgehead atoms. The highest BCUT2D eigenvalue weighted by molar-refractivity contribution is 5.84. The second-order valence-corrected chi connectivity index (χ2v) is 8.91. The van der Waals surface area contributed by atoms with E-state index in [-0.39, 0.29) is 45.0 Å². The van der Waals surface area contributed by atoms with Crippen LogP contribution in [0.4, 0.5) is 0 Å². The molecule has 6 N–H and O–H groups in total. The highest BCUT2D eigenvalue weighted by Gasteiger charge is 2.20. The fourth-order valence-corrected chi connectivity index (χ4v) is 3.49.